The van der Waals surface area contributed by atoms with Crippen molar-refractivity contribution >= 4 is 26.0 Å². The number of pyridine rings is 1. The number of aromatic nitrogens is 1. The van der Waals surface area contributed by atoms with E-state index in [-0.39, 0.29) is 24.5 Å². The van der Waals surface area contributed by atoms with E-state index in [1.165, 1.54) is 12.3 Å². The second kappa shape index (κ2) is 4.86. The Balaban J connectivity index is 2.25. The van der Waals surface area contributed by atoms with Crippen molar-refractivity contribution < 1.29 is 18.6 Å². The molecule has 0 unspecified atom stereocenters. The van der Waals surface area contributed by atoms with Crippen LogP contribution >= 0.6 is 15.9 Å². The number of hydrogen-bond acceptors (Lipinski definition) is 5. The van der Waals surface area contributed by atoms with Crippen molar-refractivity contribution in [2.45, 2.75) is 17.0 Å². The van der Waals surface area contributed by atoms with Gasteiger partial charge in [-0.05, 0) is 34.5 Å². The van der Waals surface area contributed by atoms with Crippen molar-refractivity contribution in [3.05, 3.63) is 22.8 Å². The van der Waals surface area contributed by atoms with Crippen LogP contribution in [0.5, 0.6) is 0 Å². The third-order valence-corrected chi connectivity index (χ3v) is 5.13. The first kappa shape index (κ1) is 13.9. The maximum Gasteiger partial charge on any atom is 0.260 e. The molecule has 0 aliphatic carbocycles. The highest BCUT2D eigenvalue weighted by molar-refractivity contribution is 9.10. The topological polar surface area (TPSA) is 90.7 Å². The lowest BCUT2D eigenvalue weighted by molar-refractivity contribution is -0.000743. The molecule has 2 heterocycles. The Morgan fingerprint density at radius 3 is 2.72 bits per heavy atom. The summed E-state index contributed by atoms with van der Waals surface area (Å²) in [6, 6.07) is 2.99. The summed E-state index contributed by atoms with van der Waals surface area (Å²) in [4.78, 5) is 3.85. The van der Waals surface area contributed by atoms with Crippen LogP contribution in [-0.4, -0.2) is 53.2 Å². The summed E-state index contributed by atoms with van der Waals surface area (Å²) in [6.07, 6.45) is 1.63. The maximum absolute atomic E-state index is 12.2. The summed E-state index contributed by atoms with van der Waals surface area (Å²) < 4.78 is 26.2. The fourth-order valence-corrected chi connectivity index (χ4v) is 3.47. The molecule has 1 fully saturated rings. The first-order valence-electron chi connectivity index (χ1n) is 5.32. The molecule has 0 amide bonds. The molecule has 0 spiro atoms. The highest BCUT2D eigenvalue weighted by atomic mass is 79.9. The average molecular weight is 337 g/mol. The second-order valence-electron chi connectivity index (χ2n) is 4.29. The predicted octanol–water partition coefficient (Wildman–Crippen LogP) is -0.0381. The maximum atomic E-state index is 12.2. The molecule has 0 aromatic carbocycles. The lowest BCUT2D eigenvalue weighted by Crippen LogP contribution is -2.38. The van der Waals surface area contributed by atoms with E-state index >= 15 is 0 Å². The smallest absolute Gasteiger partial charge is 0.260 e. The zero-order chi connectivity index (χ0) is 13.4. The summed E-state index contributed by atoms with van der Waals surface area (Å²) in [5, 5.41) is 18.8. The standard InChI is InChI=1S/C10H13BrN2O4S/c11-8-1-2-9(12-5-8)18(16,17)13-4-3-10(15,6-13)7-14/h1-2,5,14-15H,3-4,6-7H2/t10-/m1/s1. The quantitative estimate of drug-likeness (QED) is 0.808. The number of halogens is 1. The summed E-state index contributed by atoms with van der Waals surface area (Å²) >= 11 is 3.18. The molecular formula is C10H13BrN2O4S. The molecule has 1 aliphatic heterocycles. The fourth-order valence-electron chi connectivity index (χ4n) is 1.80. The van der Waals surface area contributed by atoms with Crippen LogP contribution < -0.4 is 0 Å². The zero-order valence-electron chi connectivity index (χ0n) is 9.45. The van der Waals surface area contributed by atoms with E-state index < -0.39 is 22.2 Å². The van der Waals surface area contributed by atoms with Crippen molar-refractivity contribution in [1.82, 2.24) is 9.29 Å². The molecule has 1 aromatic rings. The van der Waals surface area contributed by atoms with E-state index in [1.807, 2.05) is 0 Å². The summed E-state index contributed by atoms with van der Waals surface area (Å²) in [7, 11) is -3.71. The minimum atomic E-state index is -3.71. The van der Waals surface area contributed by atoms with Gasteiger partial charge in [0.05, 0.1) is 6.61 Å². The SMILES string of the molecule is O=S(=O)(c1ccc(Br)cn1)N1CC[C@](O)(CO)C1. The van der Waals surface area contributed by atoms with E-state index in [9.17, 15) is 13.5 Å². The molecule has 2 N–H and O–H groups in total. The lowest BCUT2D eigenvalue weighted by atomic mass is 10.1. The Hall–Kier alpha value is -0.540. The van der Waals surface area contributed by atoms with Crippen molar-refractivity contribution in [1.29, 1.82) is 0 Å². The Morgan fingerprint density at radius 2 is 2.22 bits per heavy atom. The third-order valence-electron chi connectivity index (χ3n) is 2.90. The first-order valence-corrected chi connectivity index (χ1v) is 7.56. The Bertz CT molecular complexity index is 533. The molecule has 0 saturated carbocycles. The Kier molecular flexibility index (Phi) is 3.75. The summed E-state index contributed by atoms with van der Waals surface area (Å²) in [5.74, 6) is 0. The van der Waals surface area contributed by atoms with E-state index in [1.54, 1.807) is 6.07 Å². The molecule has 0 radical (unpaired) electrons. The molecule has 100 valence electrons. The normalized spacial score (nSPS) is 25.5. The molecule has 8 heteroatoms. The third kappa shape index (κ3) is 2.57. The number of rotatable bonds is 3. The van der Waals surface area contributed by atoms with Gasteiger partial charge in [0.1, 0.15) is 5.60 Å². The van der Waals surface area contributed by atoms with Crippen LogP contribution in [0.4, 0.5) is 0 Å². The molecular weight excluding hydrogens is 324 g/mol. The van der Waals surface area contributed by atoms with E-state index in [0.29, 0.717) is 4.47 Å². The highest BCUT2D eigenvalue weighted by Gasteiger charge is 2.41. The monoisotopic (exact) mass is 336 g/mol. The molecule has 18 heavy (non-hydrogen) atoms. The predicted molar refractivity (Wildman–Crippen MR) is 67.3 cm³/mol. The number of aliphatic hydroxyl groups excluding tert-OH is 1. The van der Waals surface area contributed by atoms with Crippen molar-refractivity contribution in [3.63, 3.8) is 0 Å². The van der Waals surface area contributed by atoms with E-state index in [0.717, 1.165) is 4.31 Å². The van der Waals surface area contributed by atoms with Crippen LogP contribution in [-0.2, 0) is 10.0 Å². The fraction of sp³-hybridized carbons (Fsp3) is 0.500. The molecule has 1 atom stereocenters. The highest BCUT2D eigenvalue weighted by Crippen LogP contribution is 2.26. The largest absolute Gasteiger partial charge is 0.393 e. The zero-order valence-corrected chi connectivity index (χ0v) is 11.9. The van der Waals surface area contributed by atoms with Gasteiger partial charge in [-0.2, -0.15) is 4.31 Å². The number of hydrogen-bond donors (Lipinski definition) is 2. The Labute approximate surface area is 113 Å². The summed E-state index contributed by atoms with van der Waals surface area (Å²) in [5.41, 5.74) is -1.34. The molecule has 1 aliphatic rings. The van der Waals surface area contributed by atoms with Crippen molar-refractivity contribution in [3.8, 4) is 0 Å². The number of nitrogens with zero attached hydrogens (tertiary/aromatic N) is 2. The van der Waals surface area contributed by atoms with Crippen LogP contribution in [0.25, 0.3) is 0 Å². The average Bonchev–Trinajstić information content (AvgIpc) is 2.74. The molecule has 1 saturated heterocycles. The van der Waals surface area contributed by atoms with Crippen LogP contribution in [0.1, 0.15) is 6.42 Å². The number of sulfonamides is 1. The van der Waals surface area contributed by atoms with Gasteiger partial charge in [-0.3, -0.25) is 0 Å². The Morgan fingerprint density at radius 1 is 1.50 bits per heavy atom. The van der Waals surface area contributed by atoms with Gasteiger partial charge >= 0.3 is 0 Å². The van der Waals surface area contributed by atoms with Crippen LogP contribution in [0.15, 0.2) is 27.8 Å². The lowest BCUT2D eigenvalue weighted by Gasteiger charge is -2.20. The van der Waals surface area contributed by atoms with Crippen molar-refractivity contribution in [2.24, 2.45) is 0 Å². The van der Waals surface area contributed by atoms with E-state index in [2.05, 4.69) is 20.9 Å². The van der Waals surface area contributed by atoms with Gasteiger partial charge in [-0.1, -0.05) is 0 Å². The van der Waals surface area contributed by atoms with E-state index in [4.69, 9.17) is 5.11 Å². The number of aliphatic hydroxyl groups is 2. The van der Waals surface area contributed by atoms with Crippen molar-refractivity contribution in [2.75, 3.05) is 19.7 Å². The first-order chi connectivity index (χ1) is 8.37. The number of β-amino-alcohol motifs (C(OH)–C–C–N with tert-alkyl or cyclic N) is 1. The minimum Gasteiger partial charge on any atom is -0.393 e. The molecule has 2 rings (SSSR count). The second-order valence-corrected chi connectivity index (χ2v) is 7.09. The van der Waals surface area contributed by atoms with Gasteiger partial charge in [-0.15, -0.1) is 0 Å². The van der Waals surface area contributed by atoms with Gasteiger partial charge in [0, 0.05) is 23.8 Å². The van der Waals surface area contributed by atoms with Gasteiger partial charge in [0.25, 0.3) is 10.0 Å². The van der Waals surface area contributed by atoms with Gasteiger partial charge < -0.3 is 10.2 Å². The van der Waals surface area contributed by atoms with Crippen LogP contribution in [0, 0.1) is 0 Å². The summed E-state index contributed by atoms with van der Waals surface area (Å²) in [6.45, 7) is -0.381. The molecule has 0 bridgehead atoms. The molecule has 1 aromatic heterocycles. The van der Waals surface area contributed by atoms with Gasteiger partial charge in [-0.25, -0.2) is 13.4 Å². The van der Waals surface area contributed by atoms with Crippen LogP contribution in [0.2, 0.25) is 0 Å². The van der Waals surface area contributed by atoms with Crippen LogP contribution in [0.3, 0.4) is 0 Å². The minimum absolute atomic E-state index is 0.0621. The van der Waals surface area contributed by atoms with Gasteiger partial charge in [0.2, 0.25) is 0 Å². The molecule has 6 nitrogen and oxygen atoms in total. The van der Waals surface area contributed by atoms with Gasteiger partial charge in [0.15, 0.2) is 5.03 Å².